The van der Waals surface area contributed by atoms with Crippen molar-refractivity contribution in [3.05, 3.63) is 68.9 Å². The van der Waals surface area contributed by atoms with Crippen LogP contribution in [0, 0.1) is 18.6 Å². The molecule has 0 fully saturated rings. The predicted octanol–water partition coefficient (Wildman–Crippen LogP) is 4.02. The van der Waals surface area contributed by atoms with Crippen LogP contribution in [0.25, 0.3) is 0 Å². The minimum atomic E-state index is -0.150. The van der Waals surface area contributed by atoms with Gasteiger partial charge in [-0.2, -0.15) is 4.68 Å². The average Bonchev–Trinajstić information content (AvgIpc) is 2.85. The van der Waals surface area contributed by atoms with Gasteiger partial charge in [0.05, 0.1) is 5.69 Å². The number of carbonyl (C=O) groups excluding carboxylic acids is 1. The first-order valence-electron chi connectivity index (χ1n) is 7.93. The molecule has 0 aliphatic heterocycles. The fraction of sp³-hybridized carbons (Fsp3) is 0.167. The van der Waals surface area contributed by atoms with Crippen LogP contribution in [-0.4, -0.2) is 20.2 Å². The third-order valence-electron chi connectivity index (χ3n) is 3.91. The molecule has 0 unspecified atom stereocenters. The first-order valence-corrected chi connectivity index (χ1v) is 8.72. The van der Waals surface area contributed by atoms with Gasteiger partial charge in [-0.05, 0) is 55.4 Å². The molecule has 8 heteroatoms. The number of nitrogens with zero attached hydrogens (tertiary/aromatic N) is 3. The zero-order valence-electron chi connectivity index (χ0n) is 14.4. The number of anilines is 2. The fourth-order valence-electron chi connectivity index (χ4n) is 2.47. The topological polar surface area (TPSA) is 77.9 Å². The third kappa shape index (κ3) is 3.79. The summed E-state index contributed by atoms with van der Waals surface area (Å²) in [6, 6.07) is 13.0. The van der Waals surface area contributed by atoms with Crippen molar-refractivity contribution in [3.8, 4) is 0 Å². The molecule has 0 radical (unpaired) electrons. The van der Waals surface area contributed by atoms with Crippen molar-refractivity contribution in [1.82, 2.24) is 14.5 Å². The SMILES string of the molecule is Cc1cccc(Nn2c(N)nn(CC(=O)c3ccc(C)c(Cl)c3)c2=S)c1. The van der Waals surface area contributed by atoms with E-state index in [1.807, 2.05) is 38.1 Å². The van der Waals surface area contributed by atoms with E-state index in [4.69, 9.17) is 29.6 Å². The van der Waals surface area contributed by atoms with Gasteiger partial charge in [0.25, 0.3) is 0 Å². The van der Waals surface area contributed by atoms with Crippen LogP contribution in [0.1, 0.15) is 21.5 Å². The van der Waals surface area contributed by atoms with E-state index in [2.05, 4.69) is 10.5 Å². The number of aromatic nitrogens is 3. The quantitative estimate of drug-likeness (QED) is 0.510. The molecule has 0 atom stereocenters. The molecule has 0 bridgehead atoms. The van der Waals surface area contributed by atoms with Gasteiger partial charge < -0.3 is 5.73 Å². The minimum Gasteiger partial charge on any atom is -0.366 e. The highest BCUT2D eigenvalue weighted by Gasteiger charge is 2.14. The van der Waals surface area contributed by atoms with Crippen molar-refractivity contribution in [1.29, 1.82) is 0 Å². The van der Waals surface area contributed by atoms with Crippen molar-refractivity contribution >= 4 is 41.2 Å². The smallest absolute Gasteiger partial charge is 0.240 e. The second kappa shape index (κ2) is 7.31. The summed E-state index contributed by atoms with van der Waals surface area (Å²) in [5.74, 6) is 0.0226. The van der Waals surface area contributed by atoms with Gasteiger partial charge in [0.15, 0.2) is 5.78 Å². The van der Waals surface area contributed by atoms with Gasteiger partial charge in [-0.25, -0.2) is 4.68 Å². The summed E-state index contributed by atoms with van der Waals surface area (Å²) in [6.45, 7) is 3.85. The number of hydrogen-bond acceptors (Lipinski definition) is 5. The summed E-state index contributed by atoms with van der Waals surface area (Å²) < 4.78 is 3.17. The monoisotopic (exact) mass is 387 g/mol. The average molecular weight is 388 g/mol. The second-order valence-electron chi connectivity index (χ2n) is 6.00. The van der Waals surface area contributed by atoms with Gasteiger partial charge in [-0.3, -0.25) is 10.2 Å². The molecule has 134 valence electrons. The Morgan fingerprint density at radius 3 is 2.73 bits per heavy atom. The van der Waals surface area contributed by atoms with E-state index >= 15 is 0 Å². The van der Waals surface area contributed by atoms with Gasteiger partial charge in [0.1, 0.15) is 6.54 Å². The van der Waals surface area contributed by atoms with Crippen molar-refractivity contribution in [2.75, 3.05) is 11.2 Å². The zero-order chi connectivity index (χ0) is 18.8. The van der Waals surface area contributed by atoms with Crippen molar-refractivity contribution in [3.63, 3.8) is 0 Å². The third-order valence-corrected chi connectivity index (χ3v) is 4.71. The van der Waals surface area contributed by atoms with Crippen LogP contribution in [0.15, 0.2) is 42.5 Å². The Morgan fingerprint density at radius 2 is 2.04 bits per heavy atom. The molecule has 0 saturated carbocycles. The molecule has 2 aromatic carbocycles. The van der Waals surface area contributed by atoms with Crippen LogP contribution in [0.5, 0.6) is 0 Å². The first kappa shape index (κ1) is 18.2. The molecule has 1 aromatic heterocycles. The molecular weight excluding hydrogens is 370 g/mol. The lowest BCUT2D eigenvalue weighted by Crippen LogP contribution is -2.14. The number of hydrogen-bond donors (Lipinski definition) is 2. The second-order valence-corrected chi connectivity index (χ2v) is 6.77. The highest BCUT2D eigenvalue weighted by molar-refractivity contribution is 7.71. The van der Waals surface area contributed by atoms with E-state index in [0.29, 0.717) is 15.4 Å². The van der Waals surface area contributed by atoms with Gasteiger partial charge in [-0.15, -0.1) is 5.10 Å². The van der Waals surface area contributed by atoms with Gasteiger partial charge in [-0.1, -0.05) is 35.9 Å². The molecule has 0 amide bonds. The van der Waals surface area contributed by atoms with Gasteiger partial charge in [0.2, 0.25) is 10.7 Å². The highest BCUT2D eigenvalue weighted by atomic mass is 35.5. The summed E-state index contributed by atoms with van der Waals surface area (Å²) in [4.78, 5) is 12.5. The number of Topliss-reactive ketones (excluding diaryl/α,β-unsaturated/α-hetero) is 1. The summed E-state index contributed by atoms with van der Waals surface area (Å²) >= 11 is 11.5. The summed E-state index contributed by atoms with van der Waals surface area (Å²) in [5.41, 5.74) is 12.4. The van der Waals surface area contributed by atoms with Crippen molar-refractivity contribution in [2.45, 2.75) is 20.4 Å². The predicted molar refractivity (Wildman–Crippen MR) is 106 cm³/mol. The molecular formula is C18H18ClN5OS. The fourth-order valence-corrected chi connectivity index (χ4v) is 2.90. The Kier molecular flexibility index (Phi) is 5.11. The number of nitrogen functional groups attached to an aromatic ring is 1. The van der Waals surface area contributed by atoms with E-state index in [9.17, 15) is 4.79 Å². The Hall–Kier alpha value is -2.64. The normalized spacial score (nSPS) is 10.7. The van der Waals surface area contributed by atoms with Crippen LogP contribution in [0.4, 0.5) is 11.6 Å². The lowest BCUT2D eigenvalue weighted by Gasteiger charge is -2.08. The van der Waals surface area contributed by atoms with Crippen LogP contribution in [0.2, 0.25) is 5.02 Å². The number of aryl methyl sites for hydroxylation is 2. The first-order chi connectivity index (χ1) is 12.3. The number of nitrogens with one attached hydrogen (secondary N) is 1. The lowest BCUT2D eigenvalue weighted by molar-refractivity contribution is 0.0967. The molecule has 0 spiro atoms. The van der Waals surface area contributed by atoms with E-state index in [0.717, 1.165) is 16.8 Å². The summed E-state index contributed by atoms with van der Waals surface area (Å²) in [5, 5.41) is 4.72. The van der Waals surface area contributed by atoms with Crippen LogP contribution in [-0.2, 0) is 6.54 Å². The number of nitrogens with two attached hydrogens (primary N) is 1. The Balaban J connectivity index is 1.84. The number of rotatable bonds is 5. The van der Waals surface area contributed by atoms with Crippen LogP contribution < -0.4 is 11.2 Å². The lowest BCUT2D eigenvalue weighted by atomic mass is 10.1. The molecule has 3 aromatic rings. The van der Waals surface area contributed by atoms with Gasteiger partial charge in [0, 0.05) is 10.6 Å². The molecule has 0 aliphatic carbocycles. The maximum Gasteiger partial charge on any atom is 0.240 e. The maximum atomic E-state index is 12.5. The number of halogens is 1. The highest BCUT2D eigenvalue weighted by Crippen LogP contribution is 2.18. The van der Waals surface area contributed by atoms with Crippen LogP contribution in [0.3, 0.4) is 0 Å². The number of benzene rings is 2. The zero-order valence-corrected chi connectivity index (χ0v) is 15.9. The molecule has 0 aliphatic rings. The Morgan fingerprint density at radius 1 is 1.27 bits per heavy atom. The van der Waals surface area contributed by atoms with E-state index < -0.39 is 0 Å². The molecule has 26 heavy (non-hydrogen) atoms. The molecule has 1 heterocycles. The molecule has 6 nitrogen and oxygen atoms in total. The largest absolute Gasteiger partial charge is 0.366 e. The molecule has 3 rings (SSSR count). The van der Waals surface area contributed by atoms with E-state index in [1.165, 1.54) is 9.36 Å². The van der Waals surface area contributed by atoms with E-state index in [1.54, 1.807) is 18.2 Å². The number of carbonyl (C=O) groups is 1. The minimum absolute atomic E-state index is 0.0229. The maximum absolute atomic E-state index is 12.5. The molecule has 3 N–H and O–H groups in total. The Labute approximate surface area is 161 Å². The van der Waals surface area contributed by atoms with Crippen molar-refractivity contribution in [2.24, 2.45) is 0 Å². The van der Waals surface area contributed by atoms with Gasteiger partial charge >= 0.3 is 0 Å². The molecule has 0 saturated heterocycles. The summed E-state index contributed by atoms with van der Waals surface area (Å²) in [6.07, 6.45) is 0. The van der Waals surface area contributed by atoms with Crippen LogP contribution >= 0.6 is 23.8 Å². The standard InChI is InChI=1S/C18H18ClN5OS/c1-11-4-3-5-14(8-11)21-24-17(20)22-23(18(24)26)10-16(25)13-7-6-12(2)15(19)9-13/h3-9,21H,10H2,1-2H3,(H2,20,22). The van der Waals surface area contributed by atoms with E-state index in [-0.39, 0.29) is 18.3 Å². The summed E-state index contributed by atoms with van der Waals surface area (Å²) in [7, 11) is 0. The Bertz CT molecular complexity index is 1040. The van der Waals surface area contributed by atoms with Crippen molar-refractivity contribution < 1.29 is 4.79 Å². The number of ketones is 1.